The van der Waals surface area contributed by atoms with Crippen LogP contribution in [0.2, 0.25) is 0 Å². The average Bonchev–Trinajstić information content (AvgIpc) is 3.07. The van der Waals surface area contributed by atoms with E-state index in [9.17, 15) is 4.79 Å². The molecule has 0 unspecified atom stereocenters. The van der Waals surface area contributed by atoms with Gasteiger partial charge in [-0.15, -0.1) is 11.3 Å². The molecular formula is C18H18N2O2S. The van der Waals surface area contributed by atoms with Gasteiger partial charge in [0, 0.05) is 15.8 Å². The summed E-state index contributed by atoms with van der Waals surface area (Å²) in [5.41, 5.74) is 2.54. The zero-order valence-electron chi connectivity index (χ0n) is 13.2. The van der Waals surface area contributed by atoms with E-state index in [1.807, 2.05) is 38.1 Å². The lowest BCUT2D eigenvalue weighted by atomic mass is 9.97. The van der Waals surface area contributed by atoms with Crippen molar-refractivity contribution in [1.82, 2.24) is 10.3 Å². The van der Waals surface area contributed by atoms with Crippen LogP contribution in [0.4, 0.5) is 0 Å². The molecule has 1 amide bonds. The molecule has 0 spiro atoms. The molecule has 2 aromatic heterocycles. The lowest BCUT2D eigenvalue weighted by Crippen LogP contribution is -2.30. The maximum atomic E-state index is 12.6. The highest BCUT2D eigenvalue weighted by molar-refractivity contribution is 7.11. The molecular weight excluding hydrogens is 308 g/mol. The largest absolute Gasteiger partial charge is 0.461 e. The van der Waals surface area contributed by atoms with Crippen molar-refractivity contribution in [3.63, 3.8) is 0 Å². The third kappa shape index (κ3) is 2.65. The summed E-state index contributed by atoms with van der Waals surface area (Å²) in [6, 6.07) is 7.54. The third-order valence-corrected chi connectivity index (χ3v) is 5.31. The predicted octanol–water partition coefficient (Wildman–Crippen LogP) is 4.31. The Balaban J connectivity index is 1.59. The molecule has 23 heavy (non-hydrogen) atoms. The summed E-state index contributed by atoms with van der Waals surface area (Å²) >= 11 is 1.75. The summed E-state index contributed by atoms with van der Waals surface area (Å²) in [4.78, 5) is 18.6. The number of carbonyl (C=O) groups excluding carboxylic acids is 1. The number of nitrogens with one attached hydrogen (secondary N) is 1. The first kappa shape index (κ1) is 14.5. The van der Waals surface area contributed by atoms with Gasteiger partial charge in [0.25, 0.3) is 5.91 Å². The third-order valence-electron chi connectivity index (χ3n) is 4.27. The lowest BCUT2D eigenvalue weighted by molar-refractivity contribution is 0.0932. The normalized spacial score (nSPS) is 17.2. The Morgan fingerprint density at radius 3 is 3.09 bits per heavy atom. The van der Waals surface area contributed by atoms with Crippen molar-refractivity contribution < 1.29 is 9.21 Å². The van der Waals surface area contributed by atoms with Crippen molar-refractivity contribution in [3.05, 3.63) is 51.2 Å². The molecule has 0 fully saturated rings. The van der Waals surface area contributed by atoms with Crippen molar-refractivity contribution in [2.45, 2.75) is 39.2 Å². The second-order valence-electron chi connectivity index (χ2n) is 6.07. The molecule has 1 aliphatic carbocycles. The van der Waals surface area contributed by atoms with Crippen LogP contribution in [-0.2, 0) is 6.42 Å². The van der Waals surface area contributed by atoms with Gasteiger partial charge in [0.05, 0.1) is 16.7 Å². The molecule has 118 valence electrons. The number of rotatable bonds is 2. The van der Waals surface area contributed by atoms with E-state index in [4.69, 9.17) is 4.42 Å². The van der Waals surface area contributed by atoms with Crippen LogP contribution in [0.15, 0.2) is 28.7 Å². The number of fused-ring (bicyclic) bond motifs is 2. The van der Waals surface area contributed by atoms with Crippen LogP contribution < -0.4 is 5.32 Å². The van der Waals surface area contributed by atoms with E-state index < -0.39 is 0 Å². The van der Waals surface area contributed by atoms with Gasteiger partial charge in [0.2, 0.25) is 0 Å². The summed E-state index contributed by atoms with van der Waals surface area (Å²) in [6.07, 6.45) is 3.13. The first-order valence-corrected chi connectivity index (χ1v) is 8.69. The molecule has 5 heteroatoms. The number of hydrogen-bond acceptors (Lipinski definition) is 4. The molecule has 0 saturated heterocycles. The average molecular weight is 326 g/mol. The Labute approximate surface area is 138 Å². The van der Waals surface area contributed by atoms with E-state index in [2.05, 4.69) is 10.3 Å². The zero-order chi connectivity index (χ0) is 16.0. The Hall–Kier alpha value is -2.14. The van der Waals surface area contributed by atoms with Gasteiger partial charge in [-0.25, -0.2) is 4.98 Å². The van der Waals surface area contributed by atoms with Crippen LogP contribution in [0.25, 0.3) is 11.0 Å². The van der Waals surface area contributed by atoms with Gasteiger partial charge in [0.15, 0.2) is 0 Å². The molecule has 0 bridgehead atoms. The van der Waals surface area contributed by atoms with Crippen molar-refractivity contribution in [3.8, 4) is 0 Å². The summed E-state index contributed by atoms with van der Waals surface area (Å²) in [5, 5.41) is 5.19. The first-order chi connectivity index (χ1) is 11.1. The summed E-state index contributed by atoms with van der Waals surface area (Å²) in [6.45, 7) is 3.94. The maximum absolute atomic E-state index is 12.6. The Bertz CT molecular complexity index is 894. The molecule has 1 aromatic carbocycles. The molecule has 4 rings (SSSR count). The first-order valence-electron chi connectivity index (χ1n) is 7.87. The molecule has 0 aliphatic heterocycles. The van der Waals surface area contributed by atoms with Gasteiger partial charge in [0.1, 0.15) is 11.3 Å². The van der Waals surface area contributed by atoms with Crippen molar-refractivity contribution in [1.29, 1.82) is 0 Å². The fourth-order valence-corrected chi connectivity index (χ4v) is 4.28. The van der Waals surface area contributed by atoms with Gasteiger partial charge in [-0.05, 0) is 57.4 Å². The number of hydrogen-bond donors (Lipinski definition) is 1. The molecule has 0 saturated carbocycles. The number of aromatic nitrogens is 1. The summed E-state index contributed by atoms with van der Waals surface area (Å²) in [5.74, 6) is 0.807. The standard InChI is InChI=1S/C18H18N2O2S/c1-10-8-13-9-12(6-7-15(13)22-10)18(21)20-14-4-3-5-16-17(14)19-11(2)23-16/h6-9,14H,3-5H2,1-2H3,(H,20,21)/t14-/m1/s1. The molecule has 1 aliphatic rings. The molecule has 4 nitrogen and oxygen atoms in total. The fourth-order valence-electron chi connectivity index (χ4n) is 3.24. The highest BCUT2D eigenvalue weighted by Crippen LogP contribution is 2.33. The second-order valence-corrected chi connectivity index (χ2v) is 7.36. The van der Waals surface area contributed by atoms with Crippen molar-refractivity contribution in [2.24, 2.45) is 0 Å². The van der Waals surface area contributed by atoms with Gasteiger partial charge < -0.3 is 9.73 Å². The van der Waals surface area contributed by atoms with E-state index in [1.165, 1.54) is 4.88 Å². The van der Waals surface area contributed by atoms with Crippen LogP contribution in [0.1, 0.15) is 50.6 Å². The van der Waals surface area contributed by atoms with E-state index >= 15 is 0 Å². The van der Waals surface area contributed by atoms with Crippen LogP contribution in [0, 0.1) is 13.8 Å². The maximum Gasteiger partial charge on any atom is 0.251 e. The van der Waals surface area contributed by atoms with Gasteiger partial charge in [-0.3, -0.25) is 4.79 Å². The number of amides is 1. The van der Waals surface area contributed by atoms with Gasteiger partial charge in [-0.2, -0.15) is 0 Å². The summed E-state index contributed by atoms with van der Waals surface area (Å²) < 4.78 is 5.56. The predicted molar refractivity (Wildman–Crippen MR) is 90.9 cm³/mol. The number of benzene rings is 1. The van der Waals surface area contributed by atoms with E-state index in [0.29, 0.717) is 5.56 Å². The molecule has 3 aromatic rings. The second kappa shape index (κ2) is 5.49. The Morgan fingerprint density at radius 1 is 1.35 bits per heavy atom. The number of aryl methyl sites for hydroxylation is 3. The Kier molecular flexibility index (Phi) is 3.45. The highest BCUT2D eigenvalue weighted by Gasteiger charge is 2.25. The zero-order valence-corrected chi connectivity index (χ0v) is 14.0. The van der Waals surface area contributed by atoms with E-state index in [-0.39, 0.29) is 11.9 Å². The monoisotopic (exact) mass is 326 g/mol. The van der Waals surface area contributed by atoms with Crippen molar-refractivity contribution in [2.75, 3.05) is 0 Å². The molecule has 0 radical (unpaired) electrons. The molecule has 1 N–H and O–H groups in total. The van der Waals surface area contributed by atoms with Crippen LogP contribution in [0.3, 0.4) is 0 Å². The number of carbonyl (C=O) groups is 1. The minimum atomic E-state index is -0.0470. The SMILES string of the molecule is Cc1cc2cc(C(=O)N[C@@H]3CCCc4sc(C)nc43)ccc2o1. The minimum absolute atomic E-state index is 0.0259. The Morgan fingerprint density at radius 2 is 2.22 bits per heavy atom. The minimum Gasteiger partial charge on any atom is -0.461 e. The van der Waals surface area contributed by atoms with Crippen molar-refractivity contribution >= 4 is 28.2 Å². The number of nitrogens with zero attached hydrogens (tertiary/aromatic N) is 1. The van der Waals surface area contributed by atoms with Crippen LogP contribution in [-0.4, -0.2) is 10.9 Å². The number of furan rings is 1. The highest BCUT2D eigenvalue weighted by atomic mass is 32.1. The van der Waals surface area contributed by atoms with Crippen LogP contribution in [0.5, 0.6) is 0 Å². The molecule has 1 atom stereocenters. The summed E-state index contributed by atoms with van der Waals surface area (Å²) in [7, 11) is 0. The quantitative estimate of drug-likeness (QED) is 0.763. The van der Waals surface area contributed by atoms with Gasteiger partial charge in [-0.1, -0.05) is 0 Å². The topological polar surface area (TPSA) is 55.1 Å². The fraction of sp³-hybridized carbons (Fsp3) is 0.333. The number of thiazole rings is 1. The van der Waals surface area contributed by atoms with E-state index in [1.54, 1.807) is 11.3 Å². The van der Waals surface area contributed by atoms with Gasteiger partial charge >= 0.3 is 0 Å². The van der Waals surface area contributed by atoms with E-state index in [0.717, 1.165) is 46.7 Å². The smallest absolute Gasteiger partial charge is 0.251 e. The van der Waals surface area contributed by atoms with Crippen LogP contribution >= 0.6 is 11.3 Å². The molecule has 2 heterocycles. The lowest BCUT2D eigenvalue weighted by Gasteiger charge is -2.22.